The molecule has 0 radical (unpaired) electrons. The second-order valence-electron chi connectivity index (χ2n) is 6.72. The van der Waals surface area contributed by atoms with Gasteiger partial charge in [-0.15, -0.1) is 18.3 Å². The highest BCUT2D eigenvalue weighted by Crippen LogP contribution is 2.32. The quantitative estimate of drug-likeness (QED) is 0.449. The predicted molar refractivity (Wildman–Crippen MR) is 90.8 cm³/mol. The number of ether oxygens (including phenoxy) is 2. The zero-order valence-corrected chi connectivity index (χ0v) is 15.1. The summed E-state index contributed by atoms with van der Waals surface area (Å²) < 4.78 is 53.7. The van der Waals surface area contributed by atoms with Gasteiger partial charge < -0.3 is 24.0 Å². The van der Waals surface area contributed by atoms with Crippen molar-refractivity contribution in [2.75, 3.05) is 0 Å². The van der Waals surface area contributed by atoms with Crippen LogP contribution >= 0.6 is 0 Å². The zero-order chi connectivity index (χ0) is 21.7. The molecule has 0 aliphatic carbocycles. The Balaban J connectivity index is 1.50. The molecule has 1 atom stereocenters. The fourth-order valence-electron chi connectivity index (χ4n) is 3.00. The van der Waals surface area contributed by atoms with Crippen LogP contribution in [0.2, 0.25) is 0 Å². The molecule has 11 nitrogen and oxygen atoms in total. The molecule has 1 aliphatic heterocycles. The minimum Gasteiger partial charge on any atom is -0.436 e. The van der Waals surface area contributed by atoms with Crippen LogP contribution in [0.4, 0.5) is 19.0 Å². The van der Waals surface area contributed by atoms with Crippen LogP contribution in [0.15, 0.2) is 39.7 Å². The van der Waals surface area contributed by atoms with Gasteiger partial charge in [-0.2, -0.15) is 4.68 Å². The number of nitrogens with zero attached hydrogens (tertiary/aromatic N) is 5. The molecule has 0 unspecified atom stereocenters. The number of imidazole rings is 1. The lowest BCUT2D eigenvalue weighted by Crippen LogP contribution is -2.39. The summed E-state index contributed by atoms with van der Waals surface area (Å²) in [6.07, 6.45) is -3.59. The van der Waals surface area contributed by atoms with Gasteiger partial charge in [-0.3, -0.25) is 4.57 Å². The molecular weight excluding hydrogens is 415 g/mol. The minimum atomic E-state index is -4.82. The van der Waals surface area contributed by atoms with Crippen molar-refractivity contribution in [2.45, 2.75) is 32.0 Å². The number of aromatic nitrogens is 4. The zero-order valence-electron chi connectivity index (χ0n) is 15.1. The summed E-state index contributed by atoms with van der Waals surface area (Å²) in [5, 5.41) is 14.8. The highest BCUT2D eigenvalue weighted by Gasteiger charge is 2.41. The van der Waals surface area contributed by atoms with Crippen molar-refractivity contribution in [1.29, 1.82) is 0 Å². The number of benzene rings is 1. The van der Waals surface area contributed by atoms with E-state index in [0.717, 1.165) is 16.8 Å². The molecule has 30 heavy (non-hydrogen) atoms. The Kier molecular flexibility index (Phi) is 4.29. The lowest BCUT2D eigenvalue weighted by molar-refractivity contribution is -0.389. The molecule has 1 aromatic carbocycles. The summed E-state index contributed by atoms with van der Waals surface area (Å²) >= 11 is 0. The molecule has 0 fully saturated rings. The fourth-order valence-corrected chi connectivity index (χ4v) is 3.00. The molecule has 0 N–H and O–H groups in total. The molecule has 2 aromatic heterocycles. The van der Waals surface area contributed by atoms with Crippen LogP contribution in [0.5, 0.6) is 11.8 Å². The summed E-state index contributed by atoms with van der Waals surface area (Å²) in [5.74, 6) is -1.69. The van der Waals surface area contributed by atoms with Crippen molar-refractivity contribution in [1.82, 2.24) is 19.3 Å². The van der Waals surface area contributed by atoms with Crippen molar-refractivity contribution >= 4 is 5.82 Å². The van der Waals surface area contributed by atoms with E-state index in [1.54, 1.807) is 6.92 Å². The van der Waals surface area contributed by atoms with Crippen molar-refractivity contribution in [3.05, 3.63) is 51.1 Å². The van der Waals surface area contributed by atoms with E-state index in [-0.39, 0.29) is 36.4 Å². The van der Waals surface area contributed by atoms with E-state index in [4.69, 9.17) is 9.15 Å². The van der Waals surface area contributed by atoms with E-state index in [2.05, 4.69) is 14.8 Å². The molecule has 158 valence electrons. The van der Waals surface area contributed by atoms with Crippen LogP contribution in [0.1, 0.15) is 6.92 Å². The first kappa shape index (κ1) is 19.5. The average molecular weight is 427 g/mol. The molecule has 0 amide bonds. The molecule has 4 rings (SSSR count). The van der Waals surface area contributed by atoms with E-state index in [0.29, 0.717) is 0 Å². The van der Waals surface area contributed by atoms with Crippen LogP contribution in [0.25, 0.3) is 11.5 Å². The smallest absolute Gasteiger partial charge is 0.436 e. The van der Waals surface area contributed by atoms with Gasteiger partial charge in [-0.05, 0) is 36.1 Å². The van der Waals surface area contributed by atoms with Gasteiger partial charge in [0.15, 0.2) is 0 Å². The van der Waals surface area contributed by atoms with Gasteiger partial charge in [0.2, 0.25) is 5.89 Å². The highest BCUT2D eigenvalue weighted by atomic mass is 19.4. The lowest BCUT2D eigenvalue weighted by atomic mass is 10.1. The second-order valence-corrected chi connectivity index (χ2v) is 6.72. The van der Waals surface area contributed by atoms with E-state index >= 15 is 0 Å². The summed E-state index contributed by atoms with van der Waals surface area (Å²) in [6, 6.07) is 4.70. The standard InChI is InChI=1S/C16H12F3N5O6/c1-15(7-22-6-11(24(26)27)20-13(22)30-15)8-23-14(25)28-12(21-23)9-2-4-10(5-3-9)29-16(17,18)19/h2-6H,7-8H2,1H3/t15-/m1/s1. The maximum Gasteiger partial charge on any atom is 0.573 e. The van der Waals surface area contributed by atoms with Gasteiger partial charge in [-0.25, -0.2) is 4.79 Å². The Hall–Kier alpha value is -3.84. The van der Waals surface area contributed by atoms with E-state index < -0.39 is 28.4 Å². The molecule has 14 heteroatoms. The largest absolute Gasteiger partial charge is 0.573 e. The number of alkyl halides is 3. The fraction of sp³-hybridized carbons (Fsp3) is 0.312. The van der Waals surface area contributed by atoms with E-state index in [9.17, 15) is 28.1 Å². The molecule has 3 aromatic rings. The summed E-state index contributed by atoms with van der Waals surface area (Å²) in [4.78, 5) is 26.0. The van der Waals surface area contributed by atoms with Crippen molar-refractivity contribution in [3.8, 4) is 23.2 Å². The second kappa shape index (κ2) is 6.60. The number of rotatable bonds is 5. The third kappa shape index (κ3) is 3.83. The lowest BCUT2D eigenvalue weighted by Gasteiger charge is -2.20. The Morgan fingerprint density at radius 2 is 2.03 bits per heavy atom. The Morgan fingerprint density at radius 3 is 2.63 bits per heavy atom. The summed E-state index contributed by atoms with van der Waals surface area (Å²) in [5.41, 5.74) is -0.707. The van der Waals surface area contributed by atoms with Gasteiger partial charge >= 0.3 is 23.9 Å². The first-order valence-corrected chi connectivity index (χ1v) is 8.36. The SMILES string of the molecule is C[C@]1(Cn2nc(-c3ccc(OC(F)(F)F)cc3)oc2=O)Cn2cc([N+](=O)[O-])nc2O1. The Bertz CT molecular complexity index is 1140. The van der Waals surface area contributed by atoms with E-state index in [1.807, 2.05) is 0 Å². The van der Waals surface area contributed by atoms with Crippen LogP contribution in [0.3, 0.4) is 0 Å². The number of halogens is 3. The predicted octanol–water partition coefficient (Wildman–Crippen LogP) is 2.36. The monoisotopic (exact) mass is 427 g/mol. The number of fused-ring (bicyclic) bond motifs is 1. The van der Waals surface area contributed by atoms with Crippen LogP contribution in [0, 0.1) is 10.1 Å². The highest BCUT2D eigenvalue weighted by molar-refractivity contribution is 5.53. The van der Waals surface area contributed by atoms with Gasteiger partial charge in [0.25, 0.3) is 0 Å². The number of nitro groups is 1. The molecular formula is C16H12F3N5O6. The van der Waals surface area contributed by atoms with Crippen molar-refractivity contribution in [3.63, 3.8) is 0 Å². The van der Waals surface area contributed by atoms with Gasteiger partial charge in [0.05, 0.1) is 13.1 Å². The van der Waals surface area contributed by atoms with Gasteiger partial charge in [0.1, 0.15) is 17.5 Å². The van der Waals surface area contributed by atoms with Gasteiger partial charge in [-0.1, -0.05) is 0 Å². The third-order valence-corrected chi connectivity index (χ3v) is 4.18. The Morgan fingerprint density at radius 1 is 1.33 bits per heavy atom. The molecule has 1 aliphatic rings. The number of hydrogen-bond acceptors (Lipinski definition) is 8. The topological polar surface area (TPSA) is 127 Å². The molecule has 0 bridgehead atoms. The molecule has 0 saturated heterocycles. The average Bonchev–Trinajstić information content (AvgIpc) is 3.26. The van der Waals surface area contributed by atoms with Crippen LogP contribution < -0.4 is 15.2 Å². The van der Waals surface area contributed by atoms with E-state index in [1.165, 1.54) is 22.9 Å². The van der Waals surface area contributed by atoms with Gasteiger partial charge in [0, 0.05) is 10.5 Å². The maximum atomic E-state index is 12.2. The third-order valence-electron chi connectivity index (χ3n) is 4.18. The van der Waals surface area contributed by atoms with Crippen molar-refractivity contribution < 1.29 is 32.0 Å². The molecule has 3 heterocycles. The molecule has 0 saturated carbocycles. The maximum absolute atomic E-state index is 12.2. The normalized spacial score (nSPS) is 18.1. The minimum absolute atomic E-state index is 0.0428. The first-order valence-electron chi connectivity index (χ1n) is 8.36. The van der Waals surface area contributed by atoms with Crippen LogP contribution in [-0.2, 0) is 13.1 Å². The summed E-state index contributed by atoms with van der Waals surface area (Å²) in [7, 11) is 0. The summed E-state index contributed by atoms with van der Waals surface area (Å²) in [6.45, 7) is 1.79. The van der Waals surface area contributed by atoms with Crippen LogP contribution in [-0.4, -0.2) is 36.2 Å². The molecule has 0 spiro atoms. The first-order chi connectivity index (χ1) is 14.0. The number of hydrogen-bond donors (Lipinski definition) is 0. The Labute approximate surface area is 164 Å². The van der Waals surface area contributed by atoms with Crippen molar-refractivity contribution in [2.24, 2.45) is 0 Å².